The summed E-state index contributed by atoms with van der Waals surface area (Å²) in [5.41, 5.74) is -0.407. The van der Waals surface area contributed by atoms with Gasteiger partial charge in [-0.1, -0.05) is 12.1 Å². The van der Waals surface area contributed by atoms with Gasteiger partial charge in [0, 0.05) is 18.5 Å². The van der Waals surface area contributed by atoms with Crippen LogP contribution in [0.4, 0.5) is 18.0 Å². The Kier molecular flexibility index (Phi) is 5.03. The van der Waals surface area contributed by atoms with Gasteiger partial charge in [0.25, 0.3) is 5.56 Å². The molecule has 27 heavy (non-hydrogen) atoms. The van der Waals surface area contributed by atoms with Gasteiger partial charge in [-0.25, -0.2) is 4.79 Å². The lowest BCUT2D eigenvalue weighted by Crippen LogP contribution is -2.40. The number of alkyl halides is 3. The Morgan fingerprint density at radius 1 is 1.33 bits per heavy atom. The maximum Gasteiger partial charge on any atom is 0.416 e. The third kappa shape index (κ3) is 3.86. The fourth-order valence-corrected chi connectivity index (χ4v) is 3.59. The number of H-pyrrole nitrogens is 1. The van der Waals surface area contributed by atoms with E-state index in [2.05, 4.69) is 5.16 Å². The lowest BCUT2D eigenvalue weighted by atomic mass is 9.85. The molecule has 1 aliphatic heterocycles. The first-order valence-corrected chi connectivity index (χ1v) is 8.41. The number of rotatable bonds is 2. The van der Waals surface area contributed by atoms with E-state index in [1.54, 1.807) is 0 Å². The number of nitrogens with one attached hydrogen (secondary N) is 1. The zero-order valence-corrected chi connectivity index (χ0v) is 14.8. The minimum Gasteiger partial charge on any atom is -0.453 e. The standard InChI is InChI=1S/C18H19F3N2O4/c1-10-7-11(3-4-13(10)18(19,20)21)14-8-12(15-9-16(24)22-27-15)5-6-23(14)17(25)26-2/h3-4,7,9,12,14H,5-6,8H2,1-2H3,(H,22,24)/t12-,14+/m1/s1. The second-order valence-electron chi connectivity index (χ2n) is 6.59. The molecule has 0 bridgehead atoms. The number of aromatic nitrogens is 1. The number of ether oxygens (including phenoxy) is 1. The molecular formula is C18H19F3N2O4. The van der Waals surface area contributed by atoms with Crippen molar-refractivity contribution >= 4 is 6.09 Å². The predicted octanol–water partition coefficient (Wildman–Crippen LogP) is 3.98. The summed E-state index contributed by atoms with van der Waals surface area (Å²) in [4.78, 5) is 25.0. The first kappa shape index (κ1) is 19.1. The van der Waals surface area contributed by atoms with E-state index in [1.165, 1.54) is 37.1 Å². The fourth-order valence-electron chi connectivity index (χ4n) is 3.59. The van der Waals surface area contributed by atoms with Crippen LogP contribution in [0.3, 0.4) is 0 Å². The Labute approximate surface area is 152 Å². The van der Waals surface area contributed by atoms with Crippen molar-refractivity contribution in [1.29, 1.82) is 0 Å². The van der Waals surface area contributed by atoms with E-state index in [0.29, 0.717) is 30.7 Å². The lowest BCUT2D eigenvalue weighted by molar-refractivity contribution is -0.138. The number of aryl methyl sites for hydroxylation is 1. The summed E-state index contributed by atoms with van der Waals surface area (Å²) in [5.74, 6) is 0.329. The molecule has 1 aromatic carbocycles. The normalized spacial score (nSPS) is 20.6. The van der Waals surface area contributed by atoms with Gasteiger partial charge in [-0.3, -0.25) is 4.79 Å². The smallest absolute Gasteiger partial charge is 0.416 e. The highest BCUT2D eigenvalue weighted by Gasteiger charge is 2.37. The number of benzene rings is 1. The summed E-state index contributed by atoms with van der Waals surface area (Å²) < 4.78 is 49.1. The predicted molar refractivity (Wildman–Crippen MR) is 89.3 cm³/mol. The monoisotopic (exact) mass is 384 g/mol. The molecule has 1 saturated heterocycles. The van der Waals surface area contributed by atoms with Gasteiger partial charge in [-0.2, -0.15) is 18.3 Å². The van der Waals surface area contributed by atoms with Gasteiger partial charge >= 0.3 is 12.3 Å². The molecule has 1 aliphatic rings. The number of amides is 1. The highest BCUT2D eigenvalue weighted by molar-refractivity contribution is 5.68. The van der Waals surface area contributed by atoms with Gasteiger partial charge in [-0.15, -0.1) is 0 Å². The summed E-state index contributed by atoms with van der Waals surface area (Å²) in [6, 6.07) is 4.72. The first-order valence-electron chi connectivity index (χ1n) is 8.41. The van der Waals surface area contributed by atoms with E-state index in [-0.39, 0.29) is 17.0 Å². The van der Waals surface area contributed by atoms with Crippen LogP contribution in [-0.2, 0) is 10.9 Å². The van der Waals surface area contributed by atoms with Crippen LogP contribution in [0.1, 0.15) is 47.3 Å². The molecule has 146 valence electrons. The number of halogens is 3. The SMILES string of the molecule is COC(=O)N1CC[C@@H](c2cc(=O)[nH]o2)C[C@H]1c1ccc(C(F)(F)F)c(C)c1. The molecule has 1 fully saturated rings. The number of nitrogens with zero attached hydrogens (tertiary/aromatic N) is 1. The van der Waals surface area contributed by atoms with Gasteiger partial charge in [0.15, 0.2) is 0 Å². The molecule has 0 saturated carbocycles. The van der Waals surface area contributed by atoms with Gasteiger partial charge in [0.1, 0.15) is 5.76 Å². The Bertz CT molecular complexity index is 887. The third-order valence-corrected chi connectivity index (χ3v) is 4.90. The van der Waals surface area contributed by atoms with Crippen LogP contribution in [0.5, 0.6) is 0 Å². The van der Waals surface area contributed by atoms with Crippen molar-refractivity contribution in [1.82, 2.24) is 10.1 Å². The van der Waals surface area contributed by atoms with Gasteiger partial charge in [-0.05, 0) is 37.0 Å². The summed E-state index contributed by atoms with van der Waals surface area (Å²) in [7, 11) is 1.26. The summed E-state index contributed by atoms with van der Waals surface area (Å²) >= 11 is 0. The number of hydrogen-bond acceptors (Lipinski definition) is 4. The number of piperidine rings is 1. The van der Waals surface area contributed by atoms with Crippen molar-refractivity contribution in [3.05, 3.63) is 57.1 Å². The van der Waals surface area contributed by atoms with Gasteiger partial charge in [0.05, 0.1) is 18.7 Å². The topological polar surface area (TPSA) is 75.5 Å². The van der Waals surface area contributed by atoms with Gasteiger partial charge < -0.3 is 14.2 Å². The van der Waals surface area contributed by atoms with Crippen LogP contribution in [0.2, 0.25) is 0 Å². The number of carbonyl (C=O) groups excluding carboxylic acids is 1. The second kappa shape index (κ2) is 7.13. The Balaban J connectivity index is 1.95. The van der Waals surface area contributed by atoms with Crippen molar-refractivity contribution in [2.24, 2.45) is 0 Å². The molecule has 2 heterocycles. The fraction of sp³-hybridized carbons (Fsp3) is 0.444. The van der Waals surface area contributed by atoms with Gasteiger partial charge in [0.2, 0.25) is 0 Å². The zero-order valence-electron chi connectivity index (χ0n) is 14.8. The van der Waals surface area contributed by atoms with Crippen LogP contribution < -0.4 is 5.56 Å². The maximum absolute atomic E-state index is 13.0. The summed E-state index contributed by atoms with van der Waals surface area (Å²) in [6.45, 7) is 1.72. The van der Waals surface area contributed by atoms with Crippen LogP contribution in [-0.4, -0.2) is 29.8 Å². The molecule has 3 rings (SSSR count). The third-order valence-electron chi connectivity index (χ3n) is 4.90. The van der Waals surface area contributed by atoms with E-state index in [0.717, 1.165) is 6.07 Å². The highest BCUT2D eigenvalue weighted by atomic mass is 19.4. The molecule has 2 aromatic rings. The summed E-state index contributed by atoms with van der Waals surface area (Å²) in [6.07, 6.45) is -4.03. The average Bonchev–Trinajstić information content (AvgIpc) is 3.05. The molecule has 0 radical (unpaired) electrons. The van der Waals surface area contributed by atoms with Crippen LogP contribution in [0.25, 0.3) is 0 Å². The first-order chi connectivity index (χ1) is 12.7. The zero-order chi connectivity index (χ0) is 19.8. The molecule has 9 heteroatoms. The van der Waals surface area contributed by atoms with E-state index in [1.807, 2.05) is 0 Å². The minimum atomic E-state index is -4.44. The molecule has 2 atom stereocenters. The van der Waals surface area contributed by atoms with E-state index >= 15 is 0 Å². The molecular weight excluding hydrogens is 365 g/mol. The van der Waals surface area contributed by atoms with E-state index in [4.69, 9.17) is 9.26 Å². The Morgan fingerprint density at radius 3 is 2.63 bits per heavy atom. The molecule has 1 aromatic heterocycles. The van der Waals surface area contributed by atoms with Crippen molar-refractivity contribution < 1.29 is 27.2 Å². The van der Waals surface area contributed by atoms with Crippen molar-refractivity contribution in [2.75, 3.05) is 13.7 Å². The Morgan fingerprint density at radius 2 is 2.07 bits per heavy atom. The maximum atomic E-state index is 13.0. The molecule has 1 amide bonds. The van der Waals surface area contributed by atoms with Crippen LogP contribution in [0.15, 0.2) is 33.6 Å². The number of hydrogen-bond donors (Lipinski definition) is 1. The molecule has 0 spiro atoms. The molecule has 0 unspecified atom stereocenters. The van der Waals surface area contributed by atoms with Crippen LogP contribution >= 0.6 is 0 Å². The number of likely N-dealkylation sites (tertiary alicyclic amines) is 1. The quantitative estimate of drug-likeness (QED) is 0.850. The van der Waals surface area contributed by atoms with Crippen molar-refractivity contribution in [2.45, 2.75) is 37.9 Å². The molecule has 1 N–H and O–H groups in total. The molecule has 6 nitrogen and oxygen atoms in total. The van der Waals surface area contributed by atoms with E-state index in [9.17, 15) is 22.8 Å². The van der Waals surface area contributed by atoms with E-state index < -0.39 is 23.9 Å². The number of carbonyl (C=O) groups is 1. The van der Waals surface area contributed by atoms with Crippen molar-refractivity contribution in [3.63, 3.8) is 0 Å². The second-order valence-corrected chi connectivity index (χ2v) is 6.59. The summed E-state index contributed by atoms with van der Waals surface area (Å²) in [5, 5.41) is 2.24. The minimum absolute atomic E-state index is 0.0834. The number of aromatic amines is 1. The Hall–Kier alpha value is -2.71. The lowest BCUT2D eigenvalue weighted by Gasteiger charge is -2.38. The highest BCUT2D eigenvalue weighted by Crippen LogP contribution is 2.41. The number of methoxy groups -OCH3 is 1. The van der Waals surface area contributed by atoms with Crippen LogP contribution in [0, 0.1) is 6.92 Å². The van der Waals surface area contributed by atoms with Crippen molar-refractivity contribution in [3.8, 4) is 0 Å². The largest absolute Gasteiger partial charge is 0.453 e. The average molecular weight is 384 g/mol. The molecule has 0 aliphatic carbocycles.